The molecule has 1 aromatic heterocycles. The number of hydrogen-bond donors (Lipinski definition) is 1. The lowest BCUT2D eigenvalue weighted by atomic mass is 9.81. The molecule has 22 heavy (non-hydrogen) atoms. The lowest BCUT2D eigenvalue weighted by molar-refractivity contribution is -0.140. The van der Waals surface area contributed by atoms with Gasteiger partial charge < -0.3 is 4.74 Å². The molecule has 6 nitrogen and oxygen atoms in total. The number of rotatable bonds is 1. The van der Waals surface area contributed by atoms with Gasteiger partial charge >= 0.3 is 6.18 Å². The van der Waals surface area contributed by atoms with E-state index >= 15 is 0 Å². The number of aromatic amines is 1. The van der Waals surface area contributed by atoms with Crippen LogP contribution in [0.15, 0.2) is 0 Å². The van der Waals surface area contributed by atoms with Crippen molar-refractivity contribution >= 4 is 17.5 Å². The van der Waals surface area contributed by atoms with Gasteiger partial charge in [0.25, 0.3) is 0 Å². The first-order valence-corrected chi connectivity index (χ1v) is 6.96. The first kappa shape index (κ1) is 13.7. The van der Waals surface area contributed by atoms with Crippen molar-refractivity contribution in [1.82, 2.24) is 10.2 Å². The Hall–Kier alpha value is -1.90. The van der Waals surface area contributed by atoms with Crippen molar-refractivity contribution < 1.29 is 27.5 Å². The van der Waals surface area contributed by atoms with E-state index in [-0.39, 0.29) is 17.9 Å². The summed E-state index contributed by atoms with van der Waals surface area (Å²) in [5.74, 6) is -2.56. The van der Waals surface area contributed by atoms with Gasteiger partial charge in [-0.25, -0.2) is 4.90 Å². The molecule has 0 spiro atoms. The minimum Gasteiger partial charge on any atom is -0.373 e. The van der Waals surface area contributed by atoms with Crippen LogP contribution in [0.25, 0.3) is 0 Å². The SMILES string of the molecule is Cc1[nH]nc(C(F)(F)F)c1N1C(=O)C2C3CCC(O3)C2C1=O. The van der Waals surface area contributed by atoms with Crippen LogP contribution in [-0.4, -0.2) is 34.2 Å². The number of hydrogen-bond acceptors (Lipinski definition) is 4. The molecule has 3 aliphatic rings. The van der Waals surface area contributed by atoms with Crippen LogP contribution >= 0.6 is 0 Å². The van der Waals surface area contributed by atoms with E-state index in [4.69, 9.17) is 4.74 Å². The van der Waals surface area contributed by atoms with E-state index in [1.54, 1.807) is 0 Å². The van der Waals surface area contributed by atoms with Crippen LogP contribution in [0.2, 0.25) is 0 Å². The normalized spacial score (nSPS) is 33.9. The van der Waals surface area contributed by atoms with Crippen molar-refractivity contribution in [3.05, 3.63) is 11.4 Å². The molecule has 1 N–H and O–H groups in total. The molecule has 3 fully saturated rings. The quantitative estimate of drug-likeness (QED) is 0.795. The van der Waals surface area contributed by atoms with Crippen molar-refractivity contribution in [2.24, 2.45) is 11.8 Å². The molecule has 4 rings (SSSR count). The highest BCUT2D eigenvalue weighted by Gasteiger charge is 2.63. The summed E-state index contributed by atoms with van der Waals surface area (Å²) >= 11 is 0. The number of ether oxygens (including phenoxy) is 1. The van der Waals surface area contributed by atoms with Gasteiger partial charge in [0, 0.05) is 0 Å². The van der Waals surface area contributed by atoms with Gasteiger partial charge in [-0.3, -0.25) is 14.7 Å². The van der Waals surface area contributed by atoms with Gasteiger partial charge in [-0.1, -0.05) is 0 Å². The Bertz CT molecular complexity index is 656. The lowest BCUT2D eigenvalue weighted by Gasteiger charge is -2.19. The van der Waals surface area contributed by atoms with Gasteiger partial charge in [-0.2, -0.15) is 18.3 Å². The number of nitrogens with one attached hydrogen (secondary N) is 1. The standard InChI is InChI=1S/C13H12F3N3O3/c1-4-9(10(18-17-4)13(14,15)16)19-11(20)7-5-2-3-6(22-5)8(7)12(19)21/h5-8H,2-3H2,1H3,(H,17,18). The Labute approximate surface area is 122 Å². The average Bonchev–Trinajstić information content (AvgIpc) is 3.14. The highest BCUT2D eigenvalue weighted by molar-refractivity contribution is 6.23. The molecule has 3 saturated heterocycles. The number of anilines is 1. The number of fused-ring (bicyclic) bond motifs is 5. The molecule has 3 aliphatic heterocycles. The van der Waals surface area contributed by atoms with E-state index in [0.29, 0.717) is 17.7 Å². The largest absolute Gasteiger partial charge is 0.437 e. The first-order valence-electron chi connectivity index (χ1n) is 6.96. The van der Waals surface area contributed by atoms with Crippen LogP contribution in [0.3, 0.4) is 0 Å². The third-order valence-electron chi connectivity index (χ3n) is 4.69. The molecule has 2 amide bonds. The van der Waals surface area contributed by atoms with Crippen LogP contribution in [0.1, 0.15) is 24.2 Å². The number of amides is 2. The smallest absolute Gasteiger partial charge is 0.373 e. The van der Waals surface area contributed by atoms with E-state index < -0.39 is 41.2 Å². The summed E-state index contributed by atoms with van der Waals surface area (Å²) in [5, 5.41) is 5.44. The van der Waals surface area contributed by atoms with E-state index in [2.05, 4.69) is 10.2 Å². The van der Waals surface area contributed by atoms with Crippen LogP contribution < -0.4 is 4.90 Å². The number of aryl methyl sites for hydroxylation is 1. The first-order chi connectivity index (χ1) is 10.3. The summed E-state index contributed by atoms with van der Waals surface area (Å²) in [6.45, 7) is 1.36. The Morgan fingerprint density at radius 1 is 1.18 bits per heavy atom. The maximum atomic E-state index is 13.1. The number of halogens is 3. The summed E-state index contributed by atoms with van der Waals surface area (Å²) < 4.78 is 44.8. The second-order valence-corrected chi connectivity index (χ2v) is 5.90. The summed E-state index contributed by atoms with van der Waals surface area (Å²) in [7, 11) is 0. The van der Waals surface area contributed by atoms with Gasteiger partial charge in [0.05, 0.1) is 29.7 Å². The molecule has 0 radical (unpaired) electrons. The zero-order valence-electron chi connectivity index (χ0n) is 11.5. The number of aromatic nitrogens is 2. The molecule has 9 heteroatoms. The van der Waals surface area contributed by atoms with E-state index in [1.165, 1.54) is 6.92 Å². The second-order valence-electron chi connectivity index (χ2n) is 5.90. The number of imide groups is 1. The number of carbonyl (C=O) groups excluding carboxylic acids is 2. The predicted molar refractivity (Wildman–Crippen MR) is 65.7 cm³/mol. The maximum Gasteiger partial charge on any atom is 0.437 e. The van der Waals surface area contributed by atoms with Crippen molar-refractivity contribution in [2.75, 3.05) is 4.90 Å². The monoisotopic (exact) mass is 315 g/mol. The fourth-order valence-corrected chi connectivity index (χ4v) is 3.83. The highest BCUT2D eigenvalue weighted by Crippen LogP contribution is 2.50. The molecule has 4 atom stereocenters. The minimum absolute atomic E-state index is 0.0438. The summed E-state index contributed by atoms with van der Waals surface area (Å²) in [6, 6.07) is 0. The Morgan fingerprint density at radius 3 is 2.23 bits per heavy atom. The Kier molecular flexibility index (Phi) is 2.56. The van der Waals surface area contributed by atoms with Gasteiger partial charge in [0.15, 0.2) is 5.69 Å². The number of nitrogens with zero attached hydrogens (tertiary/aromatic N) is 2. The Morgan fingerprint density at radius 2 is 1.73 bits per heavy atom. The van der Waals surface area contributed by atoms with Gasteiger partial charge in [-0.15, -0.1) is 0 Å². The van der Waals surface area contributed by atoms with Crippen molar-refractivity contribution in [2.45, 2.75) is 38.1 Å². The third-order valence-corrected chi connectivity index (χ3v) is 4.69. The molecule has 118 valence electrons. The molecule has 0 aromatic carbocycles. The summed E-state index contributed by atoms with van der Waals surface area (Å²) in [5.41, 5.74) is -1.67. The molecular weight excluding hydrogens is 303 g/mol. The molecule has 2 bridgehead atoms. The molecule has 1 aromatic rings. The fourth-order valence-electron chi connectivity index (χ4n) is 3.83. The number of alkyl halides is 3. The van der Waals surface area contributed by atoms with E-state index in [1.807, 2.05) is 0 Å². The van der Waals surface area contributed by atoms with Crippen molar-refractivity contribution in [1.29, 1.82) is 0 Å². The summed E-state index contributed by atoms with van der Waals surface area (Å²) in [6.07, 6.45) is -4.14. The molecule has 4 unspecified atom stereocenters. The van der Waals surface area contributed by atoms with Gasteiger partial charge in [0.1, 0.15) is 5.69 Å². The lowest BCUT2D eigenvalue weighted by Crippen LogP contribution is -2.35. The highest BCUT2D eigenvalue weighted by atomic mass is 19.4. The fraction of sp³-hybridized carbons (Fsp3) is 0.615. The topological polar surface area (TPSA) is 75.3 Å². The van der Waals surface area contributed by atoms with E-state index in [0.717, 1.165) is 0 Å². The molecule has 4 heterocycles. The van der Waals surface area contributed by atoms with Crippen LogP contribution in [0.5, 0.6) is 0 Å². The van der Waals surface area contributed by atoms with Crippen LogP contribution in [-0.2, 0) is 20.5 Å². The van der Waals surface area contributed by atoms with Gasteiger partial charge in [0.2, 0.25) is 11.8 Å². The molecule has 0 aliphatic carbocycles. The maximum absolute atomic E-state index is 13.1. The summed E-state index contributed by atoms with van der Waals surface area (Å²) in [4.78, 5) is 25.7. The number of H-pyrrole nitrogens is 1. The van der Waals surface area contributed by atoms with Crippen molar-refractivity contribution in [3.8, 4) is 0 Å². The number of carbonyl (C=O) groups is 2. The van der Waals surface area contributed by atoms with E-state index in [9.17, 15) is 22.8 Å². The van der Waals surface area contributed by atoms with Crippen LogP contribution in [0.4, 0.5) is 18.9 Å². The predicted octanol–water partition coefficient (Wildman–Crippen LogP) is 1.40. The molecule has 0 saturated carbocycles. The second kappa shape index (κ2) is 4.09. The Balaban J connectivity index is 1.80. The van der Waals surface area contributed by atoms with Crippen LogP contribution in [0, 0.1) is 18.8 Å². The van der Waals surface area contributed by atoms with Gasteiger partial charge in [-0.05, 0) is 19.8 Å². The average molecular weight is 315 g/mol. The zero-order chi connectivity index (χ0) is 15.8. The third kappa shape index (κ3) is 1.57. The minimum atomic E-state index is -4.74. The molecular formula is C13H12F3N3O3. The van der Waals surface area contributed by atoms with Crippen molar-refractivity contribution in [3.63, 3.8) is 0 Å². The zero-order valence-corrected chi connectivity index (χ0v) is 11.5.